The summed E-state index contributed by atoms with van der Waals surface area (Å²) >= 11 is 1.78. The number of benzene rings is 1. The van der Waals surface area contributed by atoms with Gasteiger partial charge >= 0.3 is 6.18 Å². The van der Waals surface area contributed by atoms with Gasteiger partial charge in [-0.15, -0.1) is 0 Å². The molecule has 2 unspecified atom stereocenters. The predicted octanol–water partition coefficient (Wildman–Crippen LogP) is 4.25. The second-order valence-corrected chi connectivity index (χ2v) is 6.10. The van der Waals surface area contributed by atoms with E-state index >= 15 is 0 Å². The van der Waals surface area contributed by atoms with Crippen LogP contribution >= 0.6 is 11.8 Å². The highest BCUT2D eigenvalue weighted by molar-refractivity contribution is 8.00. The molecule has 106 valence electrons. The fraction of sp³-hybridized carbons (Fsp3) is 0.571. The zero-order valence-corrected chi connectivity index (χ0v) is 11.7. The van der Waals surface area contributed by atoms with E-state index in [0.29, 0.717) is 5.56 Å². The van der Waals surface area contributed by atoms with Crippen LogP contribution < -0.4 is 5.32 Å². The first-order valence-electron chi connectivity index (χ1n) is 6.49. The van der Waals surface area contributed by atoms with Gasteiger partial charge in [0.05, 0.1) is 5.56 Å². The number of alkyl halides is 3. The first-order chi connectivity index (χ1) is 9.04. The fourth-order valence-electron chi connectivity index (χ4n) is 2.60. The second-order valence-electron chi connectivity index (χ2n) is 4.76. The molecule has 1 aromatic carbocycles. The van der Waals surface area contributed by atoms with Gasteiger partial charge in [0.1, 0.15) is 0 Å². The molecule has 0 bridgehead atoms. The summed E-state index contributed by atoms with van der Waals surface area (Å²) in [7, 11) is 1.74. The minimum atomic E-state index is -4.29. The number of hydrogen-bond donors (Lipinski definition) is 1. The van der Waals surface area contributed by atoms with Crippen molar-refractivity contribution in [1.82, 2.24) is 5.32 Å². The maximum atomic E-state index is 13.1. The van der Waals surface area contributed by atoms with Crippen molar-refractivity contribution in [2.75, 3.05) is 12.8 Å². The van der Waals surface area contributed by atoms with Crippen LogP contribution in [0.5, 0.6) is 0 Å². The number of thioether (sulfide) groups is 1. The van der Waals surface area contributed by atoms with Crippen LogP contribution in [0.25, 0.3) is 0 Å². The van der Waals surface area contributed by atoms with Crippen molar-refractivity contribution in [2.45, 2.75) is 36.7 Å². The molecule has 0 saturated carbocycles. The molecule has 0 spiro atoms. The van der Waals surface area contributed by atoms with Crippen molar-refractivity contribution < 1.29 is 13.2 Å². The summed E-state index contributed by atoms with van der Waals surface area (Å²) in [6.07, 6.45) is -1.05. The quantitative estimate of drug-likeness (QED) is 0.892. The molecule has 1 saturated heterocycles. The van der Waals surface area contributed by atoms with Gasteiger partial charge in [-0.05, 0) is 37.3 Å². The first-order valence-corrected chi connectivity index (χ1v) is 7.54. The van der Waals surface area contributed by atoms with Gasteiger partial charge in [0.25, 0.3) is 0 Å². The van der Waals surface area contributed by atoms with Gasteiger partial charge in [0.2, 0.25) is 0 Å². The Kier molecular flexibility index (Phi) is 4.79. The molecule has 1 fully saturated rings. The van der Waals surface area contributed by atoms with E-state index in [-0.39, 0.29) is 11.3 Å². The molecule has 0 aromatic heterocycles. The second kappa shape index (κ2) is 6.18. The molecule has 0 amide bonds. The lowest BCUT2D eigenvalue weighted by Gasteiger charge is -2.31. The smallest absolute Gasteiger partial charge is 0.312 e. The molecular formula is C14H18F3NS. The van der Waals surface area contributed by atoms with Crippen molar-refractivity contribution >= 4 is 11.8 Å². The summed E-state index contributed by atoms with van der Waals surface area (Å²) in [6, 6.07) is 5.67. The van der Waals surface area contributed by atoms with E-state index in [0.717, 1.165) is 18.6 Å². The van der Waals surface area contributed by atoms with Crippen LogP contribution in [0.4, 0.5) is 13.2 Å². The predicted molar refractivity (Wildman–Crippen MR) is 73.3 cm³/mol. The van der Waals surface area contributed by atoms with E-state index in [1.165, 1.54) is 18.6 Å². The molecule has 1 aliphatic rings. The lowest BCUT2D eigenvalue weighted by atomic mass is 9.95. The van der Waals surface area contributed by atoms with Crippen LogP contribution in [-0.2, 0) is 6.18 Å². The molecule has 0 aliphatic carbocycles. The summed E-state index contributed by atoms with van der Waals surface area (Å²) in [5.74, 6) is 1.04. The number of nitrogens with one attached hydrogen (secondary N) is 1. The zero-order chi connectivity index (χ0) is 13.9. The molecule has 19 heavy (non-hydrogen) atoms. The molecule has 0 radical (unpaired) electrons. The van der Waals surface area contributed by atoms with E-state index in [1.54, 1.807) is 30.9 Å². The molecule has 1 heterocycles. The van der Waals surface area contributed by atoms with Crippen LogP contribution in [-0.4, -0.2) is 18.1 Å². The van der Waals surface area contributed by atoms with E-state index < -0.39 is 11.7 Å². The number of halogens is 3. The third kappa shape index (κ3) is 3.45. The molecule has 2 rings (SSSR count). The van der Waals surface area contributed by atoms with Crippen molar-refractivity contribution in [3.05, 3.63) is 35.4 Å². The molecule has 1 nitrogen and oxygen atoms in total. The molecule has 5 heteroatoms. The lowest BCUT2D eigenvalue weighted by molar-refractivity contribution is -0.138. The van der Waals surface area contributed by atoms with E-state index in [1.807, 2.05) is 0 Å². The Hall–Kier alpha value is -0.680. The minimum Gasteiger partial charge on any atom is -0.312 e. The summed E-state index contributed by atoms with van der Waals surface area (Å²) in [4.78, 5) is 0. The van der Waals surface area contributed by atoms with Gasteiger partial charge in [-0.3, -0.25) is 0 Å². The highest BCUT2D eigenvalue weighted by Gasteiger charge is 2.36. The Morgan fingerprint density at radius 2 is 2.00 bits per heavy atom. The highest BCUT2D eigenvalue weighted by atomic mass is 32.2. The molecular weight excluding hydrogens is 271 g/mol. The summed E-state index contributed by atoms with van der Waals surface area (Å²) < 4.78 is 39.2. The monoisotopic (exact) mass is 289 g/mol. The van der Waals surface area contributed by atoms with Crippen molar-refractivity contribution in [3.8, 4) is 0 Å². The summed E-state index contributed by atoms with van der Waals surface area (Å²) in [5.41, 5.74) is -0.141. The molecule has 1 aliphatic heterocycles. The topological polar surface area (TPSA) is 12.0 Å². The Labute approximate surface area is 116 Å². The third-order valence-electron chi connectivity index (χ3n) is 3.50. The average molecular weight is 289 g/mol. The summed E-state index contributed by atoms with van der Waals surface area (Å²) in [5, 5.41) is 3.30. The first kappa shape index (κ1) is 14.7. The van der Waals surface area contributed by atoms with Gasteiger partial charge < -0.3 is 5.32 Å². The Balaban J connectivity index is 2.32. The largest absolute Gasteiger partial charge is 0.416 e. The molecule has 1 N–H and O–H groups in total. The van der Waals surface area contributed by atoms with Gasteiger partial charge in [-0.2, -0.15) is 24.9 Å². The van der Waals surface area contributed by atoms with Crippen LogP contribution in [0.15, 0.2) is 24.3 Å². The average Bonchev–Trinajstić information content (AvgIpc) is 2.40. The van der Waals surface area contributed by atoms with E-state index in [2.05, 4.69) is 5.32 Å². The Morgan fingerprint density at radius 3 is 2.58 bits per heavy atom. The lowest BCUT2D eigenvalue weighted by Crippen LogP contribution is -2.31. The van der Waals surface area contributed by atoms with E-state index in [4.69, 9.17) is 0 Å². The highest BCUT2D eigenvalue weighted by Crippen LogP contribution is 2.40. The number of rotatable bonds is 3. The van der Waals surface area contributed by atoms with Crippen LogP contribution in [0.3, 0.4) is 0 Å². The molecule has 2 atom stereocenters. The standard InChI is InChI=1S/C14H18F3NS/c1-18-13(12-8-4-5-9-19-12)10-6-2-3-7-11(10)14(15,16)17/h2-3,6-7,12-13,18H,4-5,8-9H2,1H3. The van der Waals surface area contributed by atoms with Crippen LogP contribution in [0, 0.1) is 0 Å². The fourth-order valence-corrected chi connectivity index (χ4v) is 4.08. The van der Waals surface area contributed by atoms with Gasteiger partial charge in [-0.25, -0.2) is 0 Å². The van der Waals surface area contributed by atoms with Gasteiger partial charge in [-0.1, -0.05) is 24.6 Å². The number of hydrogen-bond acceptors (Lipinski definition) is 2. The normalized spacial score (nSPS) is 22.2. The zero-order valence-electron chi connectivity index (χ0n) is 10.8. The Bertz CT molecular complexity index is 413. The summed E-state index contributed by atoms with van der Waals surface area (Å²) in [6.45, 7) is 0. The van der Waals surface area contributed by atoms with Crippen LogP contribution in [0.1, 0.15) is 36.4 Å². The molecule has 1 aromatic rings. The van der Waals surface area contributed by atoms with Crippen molar-refractivity contribution in [3.63, 3.8) is 0 Å². The maximum Gasteiger partial charge on any atom is 0.416 e. The third-order valence-corrected chi connectivity index (χ3v) is 4.96. The van der Waals surface area contributed by atoms with Gasteiger partial charge in [0, 0.05) is 11.3 Å². The minimum absolute atomic E-state index is 0.224. The SMILES string of the molecule is CNC(c1ccccc1C(F)(F)F)C1CCCCS1. The van der Waals surface area contributed by atoms with Gasteiger partial charge in [0.15, 0.2) is 0 Å². The van der Waals surface area contributed by atoms with Crippen LogP contribution in [0.2, 0.25) is 0 Å². The Morgan fingerprint density at radius 1 is 1.26 bits per heavy atom. The van der Waals surface area contributed by atoms with E-state index in [9.17, 15) is 13.2 Å². The van der Waals surface area contributed by atoms with Crippen molar-refractivity contribution in [1.29, 1.82) is 0 Å². The van der Waals surface area contributed by atoms with Crippen molar-refractivity contribution in [2.24, 2.45) is 0 Å². The maximum absolute atomic E-state index is 13.1.